The highest BCUT2D eigenvalue weighted by molar-refractivity contribution is 7.91. The van der Waals surface area contributed by atoms with Gasteiger partial charge in [0, 0.05) is 13.1 Å². The maximum absolute atomic E-state index is 11.0. The maximum atomic E-state index is 11.0. The summed E-state index contributed by atoms with van der Waals surface area (Å²) in [5.41, 5.74) is 4.99. The van der Waals surface area contributed by atoms with Crippen molar-refractivity contribution in [3.8, 4) is 0 Å². The normalized spacial score (nSPS) is 25.5. The van der Waals surface area contributed by atoms with Gasteiger partial charge in [-0.05, 0) is 6.42 Å². The number of hydrogen-bond acceptors (Lipinski definition) is 4. The lowest BCUT2D eigenvalue weighted by Crippen LogP contribution is -2.48. The van der Waals surface area contributed by atoms with E-state index in [1.54, 1.807) is 0 Å². The van der Waals surface area contributed by atoms with Crippen LogP contribution in [0.25, 0.3) is 0 Å². The van der Waals surface area contributed by atoms with Crippen LogP contribution in [0.3, 0.4) is 0 Å². The van der Waals surface area contributed by atoms with Crippen molar-refractivity contribution in [2.45, 2.75) is 12.5 Å². The van der Waals surface area contributed by atoms with Gasteiger partial charge in [-0.15, -0.1) is 0 Å². The Hall–Kier alpha value is -0.820. The van der Waals surface area contributed by atoms with Gasteiger partial charge in [0.05, 0.1) is 11.5 Å². The van der Waals surface area contributed by atoms with Gasteiger partial charge < -0.3 is 5.32 Å². The zero-order valence-electron chi connectivity index (χ0n) is 7.33. The number of hydrazine groups is 1. The monoisotopic (exact) mass is 207 g/mol. The Labute approximate surface area is 77.0 Å². The molecule has 1 unspecified atom stereocenters. The van der Waals surface area contributed by atoms with Gasteiger partial charge in [-0.3, -0.25) is 5.43 Å². The molecule has 3 N–H and O–H groups in total. The Morgan fingerprint density at radius 1 is 1.46 bits per heavy atom. The summed E-state index contributed by atoms with van der Waals surface area (Å²) < 4.78 is 22.0. The summed E-state index contributed by atoms with van der Waals surface area (Å²) in [6.07, 6.45) is 0.548. The summed E-state index contributed by atoms with van der Waals surface area (Å²) in [5, 5.41) is 2.35. The van der Waals surface area contributed by atoms with Gasteiger partial charge in [-0.2, -0.15) is 0 Å². The molecular weight excluding hydrogens is 194 g/mol. The molecule has 0 aromatic heterocycles. The molecule has 0 aliphatic carbocycles. The summed E-state index contributed by atoms with van der Waals surface area (Å²) in [6.45, 7) is 0. The predicted octanol–water partition coefficient (Wildman–Crippen LogP) is -1.39. The molecule has 0 aromatic rings. The molecule has 1 fully saturated rings. The SMILES string of the molecule is CNC(=O)NNC1CCS(=O)(=O)C1. The molecule has 1 rings (SSSR count). The van der Waals surface area contributed by atoms with E-state index in [2.05, 4.69) is 16.2 Å². The van der Waals surface area contributed by atoms with E-state index in [4.69, 9.17) is 0 Å². The van der Waals surface area contributed by atoms with Crippen molar-refractivity contribution in [2.75, 3.05) is 18.6 Å². The highest BCUT2D eigenvalue weighted by Gasteiger charge is 2.27. The van der Waals surface area contributed by atoms with E-state index in [0.29, 0.717) is 6.42 Å². The molecule has 0 aromatic carbocycles. The fraction of sp³-hybridized carbons (Fsp3) is 0.833. The van der Waals surface area contributed by atoms with Crippen molar-refractivity contribution in [1.29, 1.82) is 0 Å². The first-order valence-corrected chi connectivity index (χ1v) is 5.79. The van der Waals surface area contributed by atoms with Crippen LogP contribution in [-0.4, -0.2) is 39.0 Å². The van der Waals surface area contributed by atoms with Crippen LogP contribution in [0.15, 0.2) is 0 Å². The third-order valence-corrected chi connectivity index (χ3v) is 3.62. The average Bonchev–Trinajstić information content (AvgIpc) is 2.41. The van der Waals surface area contributed by atoms with Gasteiger partial charge in [-0.25, -0.2) is 18.6 Å². The summed E-state index contributed by atoms with van der Waals surface area (Å²) >= 11 is 0. The lowest BCUT2D eigenvalue weighted by molar-refractivity contribution is 0.236. The second-order valence-electron chi connectivity index (χ2n) is 2.95. The van der Waals surface area contributed by atoms with Crippen molar-refractivity contribution in [3.05, 3.63) is 0 Å². The number of sulfone groups is 1. The van der Waals surface area contributed by atoms with Crippen molar-refractivity contribution >= 4 is 15.9 Å². The van der Waals surface area contributed by atoms with Crippen LogP contribution < -0.4 is 16.2 Å². The highest BCUT2D eigenvalue weighted by atomic mass is 32.2. The van der Waals surface area contributed by atoms with E-state index in [1.807, 2.05) is 0 Å². The third-order valence-electron chi connectivity index (χ3n) is 1.85. The summed E-state index contributed by atoms with van der Waals surface area (Å²) in [5.74, 6) is 0.289. The average molecular weight is 207 g/mol. The van der Waals surface area contributed by atoms with Crippen LogP contribution in [0.1, 0.15) is 6.42 Å². The minimum Gasteiger partial charge on any atom is -0.340 e. The maximum Gasteiger partial charge on any atom is 0.328 e. The molecule has 1 saturated heterocycles. The topological polar surface area (TPSA) is 87.3 Å². The molecule has 1 aliphatic rings. The fourth-order valence-corrected chi connectivity index (χ4v) is 2.81. The highest BCUT2D eigenvalue weighted by Crippen LogP contribution is 2.09. The molecule has 76 valence electrons. The fourth-order valence-electron chi connectivity index (χ4n) is 1.14. The second kappa shape index (κ2) is 3.93. The Kier molecular flexibility index (Phi) is 3.10. The van der Waals surface area contributed by atoms with Crippen LogP contribution >= 0.6 is 0 Å². The smallest absolute Gasteiger partial charge is 0.328 e. The molecule has 0 spiro atoms. The second-order valence-corrected chi connectivity index (χ2v) is 5.18. The van der Waals surface area contributed by atoms with Gasteiger partial charge in [0.2, 0.25) is 0 Å². The van der Waals surface area contributed by atoms with Gasteiger partial charge in [0.15, 0.2) is 9.84 Å². The standard InChI is InChI=1S/C6H13N3O3S/c1-7-6(10)9-8-5-2-3-13(11,12)4-5/h5,8H,2-4H2,1H3,(H2,7,9,10). The molecular formula is C6H13N3O3S. The van der Waals surface area contributed by atoms with Crippen LogP contribution in [0.2, 0.25) is 0 Å². The van der Waals surface area contributed by atoms with Gasteiger partial charge >= 0.3 is 6.03 Å². The Balaban J connectivity index is 2.29. The van der Waals surface area contributed by atoms with Crippen molar-refractivity contribution < 1.29 is 13.2 Å². The minimum absolute atomic E-state index is 0.0942. The van der Waals surface area contributed by atoms with E-state index in [1.165, 1.54) is 7.05 Å². The molecule has 2 amide bonds. The number of nitrogens with one attached hydrogen (secondary N) is 3. The van der Waals surface area contributed by atoms with E-state index >= 15 is 0 Å². The number of urea groups is 1. The van der Waals surface area contributed by atoms with Crippen molar-refractivity contribution in [2.24, 2.45) is 0 Å². The van der Waals surface area contributed by atoms with E-state index in [-0.39, 0.29) is 23.6 Å². The van der Waals surface area contributed by atoms with Crippen LogP contribution in [0.5, 0.6) is 0 Å². The molecule has 13 heavy (non-hydrogen) atoms. The quantitative estimate of drug-likeness (QED) is 0.486. The zero-order valence-corrected chi connectivity index (χ0v) is 8.15. The first-order chi connectivity index (χ1) is 6.03. The minimum atomic E-state index is -2.88. The largest absolute Gasteiger partial charge is 0.340 e. The number of hydrogen-bond donors (Lipinski definition) is 3. The Morgan fingerprint density at radius 3 is 2.62 bits per heavy atom. The molecule has 1 atom stereocenters. The van der Waals surface area contributed by atoms with Crippen LogP contribution in [0.4, 0.5) is 4.79 Å². The number of rotatable bonds is 2. The van der Waals surface area contributed by atoms with E-state index in [0.717, 1.165) is 0 Å². The summed E-state index contributed by atoms with van der Waals surface area (Å²) in [7, 11) is -1.40. The van der Waals surface area contributed by atoms with E-state index in [9.17, 15) is 13.2 Å². The number of amides is 2. The van der Waals surface area contributed by atoms with Crippen LogP contribution in [0, 0.1) is 0 Å². The molecule has 1 aliphatic heterocycles. The first kappa shape index (κ1) is 10.3. The summed E-state index contributed by atoms with van der Waals surface area (Å²) in [6, 6.07) is -0.536. The van der Waals surface area contributed by atoms with Crippen LogP contribution in [-0.2, 0) is 9.84 Å². The first-order valence-electron chi connectivity index (χ1n) is 3.97. The van der Waals surface area contributed by atoms with Gasteiger partial charge in [0.1, 0.15) is 0 Å². The zero-order chi connectivity index (χ0) is 9.90. The molecule has 6 nitrogen and oxygen atoms in total. The number of carbonyl (C=O) groups excluding carboxylic acids is 1. The lowest BCUT2D eigenvalue weighted by Gasteiger charge is -2.10. The van der Waals surface area contributed by atoms with Crippen molar-refractivity contribution in [3.63, 3.8) is 0 Å². The van der Waals surface area contributed by atoms with E-state index < -0.39 is 9.84 Å². The molecule has 0 saturated carbocycles. The van der Waals surface area contributed by atoms with Gasteiger partial charge in [-0.1, -0.05) is 0 Å². The molecule has 0 bridgehead atoms. The lowest BCUT2D eigenvalue weighted by atomic mass is 10.3. The summed E-state index contributed by atoms with van der Waals surface area (Å²) in [4.78, 5) is 10.7. The molecule has 0 radical (unpaired) electrons. The number of carbonyl (C=O) groups is 1. The molecule has 1 heterocycles. The third kappa shape index (κ3) is 3.19. The predicted molar refractivity (Wildman–Crippen MR) is 47.8 cm³/mol. The van der Waals surface area contributed by atoms with Gasteiger partial charge in [0.25, 0.3) is 0 Å². The Morgan fingerprint density at radius 2 is 2.15 bits per heavy atom. The Bertz CT molecular complexity index is 287. The molecule has 7 heteroatoms. The van der Waals surface area contributed by atoms with Crippen molar-refractivity contribution in [1.82, 2.24) is 16.2 Å².